The maximum Gasteiger partial charge on any atom is 0.240 e. The number of benzene rings is 2. The number of likely N-dealkylation sites (N-methyl/N-ethyl adjacent to an activating group) is 1. The highest BCUT2D eigenvalue weighted by Crippen LogP contribution is 2.36. The average molecular weight is 395 g/mol. The Morgan fingerprint density at radius 2 is 1.61 bits per heavy atom. The molecule has 0 aliphatic carbocycles. The SMILES string of the molecule is CCN(CC)C(=O)[C@@H](Sc1nnc(C)n1Cc1ccccc1)c1ccccc1. The Kier molecular flexibility index (Phi) is 6.87. The zero-order chi connectivity index (χ0) is 19.9. The lowest BCUT2D eigenvalue weighted by molar-refractivity contribution is -0.130. The van der Waals surface area contributed by atoms with Crippen LogP contribution in [0.3, 0.4) is 0 Å². The summed E-state index contributed by atoms with van der Waals surface area (Å²) in [5.41, 5.74) is 2.16. The monoisotopic (exact) mass is 394 g/mol. The summed E-state index contributed by atoms with van der Waals surface area (Å²) in [7, 11) is 0. The van der Waals surface area contributed by atoms with Gasteiger partial charge in [0.1, 0.15) is 11.1 Å². The van der Waals surface area contributed by atoms with Gasteiger partial charge in [0.25, 0.3) is 0 Å². The molecule has 146 valence electrons. The Morgan fingerprint density at radius 3 is 2.21 bits per heavy atom. The lowest BCUT2D eigenvalue weighted by atomic mass is 10.1. The van der Waals surface area contributed by atoms with E-state index in [9.17, 15) is 4.79 Å². The van der Waals surface area contributed by atoms with Crippen molar-refractivity contribution in [2.45, 2.75) is 37.7 Å². The molecule has 1 heterocycles. The molecule has 0 aliphatic heterocycles. The van der Waals surface area contributed by atoms with Gasteiger partial charge in [0.15, 0.2) is 5.16 Å². The van der Waals surface area contributed by atoms with Gasteiger partial charge in [-0.1, -0.05) is 72.4 Å². The molecule has 0 aliphatic rings. The Hall–Kier alpha value is -2.60. The third-order valence-corrected chi connectivity index (χ3v) is 5.93. The fourth-order valence-corrected chi connectivity index (χ4v) is 4.26. The van der Waals surface area contributed by atoms with Gasteiger partial charge in [-0.3, -0.25) is 4.79 Å². The van der Waals surface area contributed by atoms with Gasteiger partial charge in [0.2, 0.25) is 5.91 Å². The minimum atomic E-state index is -0.348. The number of carbonyl (C=O) groups is 1. The van der Waals surface area contributed by atoms with Gasteiger partial charge >= 0.3 is 0 Å². The second-order valence-electron chi connectivity index (χ2n) is 6.52. The summed E-state index contributed by atoms with van der Waals surface area (Å²) in [5.74, 6) is 0.946. The first-order valence-corrected chi connectivity index (χ1v) is 10.5. The van der Waals surface area contributed by atoms with Crippen molar-refractivity contribution in [3.63, 3.8) is 0 Å². The number of rotatable bonds is 8. The number of thioether (sulfide) groups is 1. The molecule has 1 aromatic heterocycles. The van der Waals surface area contributed by atoms with Crippen LogP contribution >= 0.6 is 11.8 Å². The first-order chi connectivity index (χ1) is 13.6. The molecular formula is C22H26N4OS. The van der Waals surface area contributed by atoms with Crippen LogP contribution in [-0.4, -0.2) is 38.7 Å². The van der Waals surface area contributed by atoms with Crippen LogP contribution in [0.1, 0.15) is 36.0 Å². The lowest BCUT2D eigenvalue weighted by Crippen LogP contribution is -2.34. The van der Waals surface area contributed by atoms with Crippen molar-refractivity contribution in [1.82, 2.24) is 19.7 Å². The van der Waals surface area contributed by atoms with Crippen LogP contribution in [0, 0.1) is 6.92 Å². The van der Waals surface area contributed by atoms with E-state index in [1.54, 1.807) is 0 Å². The standard InChI is InChI=1S/C22H26N4OS/c1-4-25(5-2)21(27)20(19-14-10-7-11-15-19)28-22-24-23-17(3)26(22)16-18-12-8-6-9-13-18/h6-15,20H,4-5,16H2,1-3H3/t20-/m0/s1. The first kappa shape index (κ1) is 20.1. The summed E-state index contributed by atoms with van der Waals surface area (Å²) in [6.45, 7) is 8.03. The van der Waals surface area contributed by atoms with E-state index in [0.29, 0.717) is 19.6 Å². The second-order valence-corrected chi connectivity index (χ2v) is 7.59. The number of amides is 1. The summed E-state index contributed by atoms with van der Waals surface area (Å²) in [6.07, 6.45) is 0. The molecule has 0 radical (unpaired) electrons. The van der Waals surface area contributed by atoms with Gasteiger partial charge in [-0.05, 0) is 31.9 Å². The molecule has 28 heavy (non-hydrogen) atoms. The van der Waals surface area contributed by atoms with E-state index < -0.39 is 0 Å². The van der Waals surface area contributed by atoms with E-state index in [0.717, 1.165) is 16.5 Å². The van der Waals surface area contributed by atoms with Gasteiger partial charge in [-0.2, -0.15) is 0 Å². The molecule has 0 unspecified atom stereocenters. The molecule has 2 aromatic carbocycles. The molecule has 0 N–H and O–H groups in total. The Labute approximate surface area is 170 Å². The van der Waals surface area contributed by atoms with E-state index in [4.69, 9.17) is 0 Å². The summed E-state index contributed by atoms with van der Waals surface area (Å²) >= 11 is 1.47. The molecule has 0 fully saturated rings. The molecule has 0 saturated carbocycles. The fraction of sp³-hybridized carbons (Fsp3) is 0.318. The van der Waals surface area contributed by atoms with Crippen molar-refractivity contribution >= 4 is 17.7 Å². The smallest absolute Gasteiger partial charge is 0.240 e. The number of hydrogen-bond acceptors (Lipinski definition) is 4. The molecule has 1 amide bonds. The summed E-state index contributed by atoms with van der Waals surface area (Å²) < 4.78 is 2.07. The molecule has 0 spiro atoms. The van der Waals surface area contributed by atoms with Crippen LogP contribution in [0.4, 0.5) is 0 Å². The van der Waals surface area contributed by atoms with Crippen molar-refractivity contribution in [2.75, 3.05) is 13.1 Å². The average Bonchev–Trinajstić information content (AvgIpc) is 3.07. The number of carbonyl (C=O) groups excluding carboxylic acids is 1. The normalized spacial score (nSPS) is 12.0. The van der Waals surface area contributed by atoms with Gasteiger partial charge in [0.05, 0.1) is 6.54 Å². The highest BCUT2D eigenvalue weighted by Gasteiger charge is 2.28. The van der Waals surface area contributed by atoms with Gasteiger partial charge in [0, 0.05) is 13.1 Å². The summed E-state index contributed by atoms with van der Waals surface area (Å²) in [4.78, 5) is 15.1. The van der Waals surface area contributed by atoms with Gasteiger partial charge < -0.3 is 9.47 Å². The molecule has 3 aromatic rings. The Bertz CT molecular complexity index is 891. The van der Waals surface area contributed by atoms with Crippen LogP contribution in [0.25, 0.3) is 0 Å². The van der Waals surface area contributed by atoms with Crippen molar-refractivity contribution in [3.8, 4) is 0 Å². The van der Waals surface area contributed by atoms with E-state index >= 15 is 0 Å². The number of nitrogens with zero attached hydrogens (tertiary/aromatic N) is 4. The third kappa shape index (κ3) is 4.62. The van der Waals surface area contributed by atoms with E-state index in [2.05, 4.69) is 26.9 Å². The molecule has 3 rings (SSSR count). The number of aromatic nitrogens is 3. The van der Waals surface area contributed by atoms with Crippen LogP contribution in [0.2, 0.25) is 0 Å². The lowest BCUT2D eigenvalue weighted by Gasteiger charge is -2.25. The van der Waals surface area contributed by atoms with E-state index in [1.165, 1.54) is 17.3 Å². The quantitative estimate of drug-likeness (QED) is 0.534. The molecular weight excluding hydrogens is 368 g/mol. The first-order valence-electron chi connectivity index (χ1n) is 9.58. The van der Waals surface area contributed by atoms with Crippen LogP contribution < -0.4 is 0 Å². The van der Waals surface area contributed by atoms with Crippen molar-refractivity contribution < 1.29 is 4.79 Å². The van der Waals surface area contributed by atoms with E-state index in [-0.39, 0.29) is 11.2 Å². The largest absolute Gasteiger partial charge is 0.342 e. The summed E-state index contributed by atoms with van der Waals surface area (Å²) in [6, 6.07) is 20.1. The second kappa shape index (κ2) is 9.55. The van der Waals surface area contributed by atoms with Crippen molar-refractivity contribution in [1.29, 1.82) is 0 Å². The predicted molar refractivity (Wildman–Crippen MR) is 113 cm³/mol. The number of hydrogen-bond donors (Lipinski definition) is 0. The molecule has 0 saturated heterocycles. The van der Waals surface area contributed by atoms with Crippen molar-refractivity contribution in [2.24, 2.45) is 0 Å². The minimum Gasteiger partial charge on any atom is -0.342 e. The fourth-order valence-electron chi connectivity index (χ4n) is 3.09. The zero-order valence-corrected chi connectivity index (χ0v) is 17.4. The Morgan fingerprint density at radius 1 is 1.00 bits per heavy atom. The highest BCUT2D eigenvalue weighted by molar-refractivity contribution is 8.00. The molecule has 0 bridgehead atoms. The zero-order valence-electron chi connectivity index (χ0n) is 16.6. The minimum absolute atomic E-state index is 0.105. The van der Waals surface area contributed by atoms with Crippen LogP contribution in [0.15, 0.2) is 65.8 Å². The maximum absolute atomic E-state index is 13.2. The van der Waals surface area contributed by atoms with Crippen LogP contribution in [-0.2, 0) is 11.3 Å². The van der Waals surface area contributed by atoms with Gasteiger partial charge in [-0.15, -0.1) is 10.2 Å². The molecule has 6 heteroatoms. The van der Waals surface area contributed by atoms with Gasteiger partial charge in [-0.25, -0.2) is 0 Å². The maximum atomic E-state index is 13.2. The highest BCUT2D eigenvalue weighted by atomic mass is 32.2. The van der Waals surface area contributed by atoms with Crippen LogP contribution in [0.5, 0.6) is 0 Å². The Balaban J connectivity index is 1.92. The molecule has 1 atom stereocenters. The number of aryl methyl sites for hydroxylation is 1. The third-order valence-electron chi connectivity index (χ3n) is 4.71. The van der Waals surface area contributed by atoms with E-state index in [1.807, 2.05) is 74.2 Å². The topological polar surface area (TPSA) is 51.0 Å². The van der Waals surface area contributed by atoms with Crippen molar-refractivity contribution in [3.05, 3.63) is 77.6 Å². The summed E-state index contributed by atoms with van der Waals surface area (Å²) in [5, 5.41) is 9.06. The molecule has 5 nitrogen and oxygen atoms in total. The predicted octanol–water partition coefficient (Wildman–Crippen LogP) is 4.34.